The predicted octanol–water partition coefficient (Wildman–Crippen LogP) is 1.30. The number of hydrogen-bond acceptors (Lipinski definition) is 10. The fourth-order valence-corrected chi connectivity index (χ4v) is 5.57. The van der Waals surface area contributed by atoms with Crippen LogP contribution in [0.5, 0.6) is 0 Å². The summed E-state index contributed by atoms with van der Waals surface area (Å²) in [6, 6.07) is 7.26. The molecule has 3 aromatic heterocycles. The lowest BCUT2D eigenvalue weighted by atomic mass is 10.1. The number of anilines is 1. The van der Waals surface area contributed by atoms with E-state index in [0.29, 0.717) is 11.0 Å². The molecule has 0 fully saturated rings. The average Bonchev–Trinajstić information content (AvgIpc) is 3.42. The van der Waals surface area contributed by atoms with Gasteiger partial charge in [0.05, 0.1) is 11.8 Å². The largest absolute Gasteiger partial charge is 0.422 e. The first-order valence-electron chi connectivity index (χ1n) is 11.4. The van der Waals surface area contributed by atoms with Gasteiger partial charge in [-0.1, -0.05) is 11.3 Å². The van der Waals surface area contributed by atoms with E-state index in [-0.39, 0.29) is 32.2 Å². The van der Waals surface area contributed by atoms with Gasteiger partial charge in [0.25, 0.3) is 4.34 Å². The topological polar surface area (TPSA) is 190 Å². The Balaban J connectivity index is 1.88. The van der Waals surface area contributed by atoms with Gasteiger partial charge in [-0.25, -0.2) is 14.3 Å². The summed E-state index contributed by atoms with van der Waals surface area (Å²) in [6.45, 7) is 5.70. The summed E-state index contributed by atoms with van der Waals surface area (Å²) < 4.78 is 35.4. The highest BCUT2D eigenvalue weighted by Gasteiger charge is 2.25. The minimum atomic E-state index is -4.09. The summed E-state index contributed by atoms with van der Waals surface area (Å²) in [4.78, 5) is 21.3. The van der Waals surface area contributed by atoms with Gasteiger partial charge < -0.3 is 25.7 Å². The van der Waals surface area contributed by atoms with Crippen molar-refractivity contribution in [1.82, 2.24) is 19.5 Å². The van der Waals surface area contributed by atoms with Crippen LogP contribution in [-0.4, -0.2) is 73.6 Å². The minimum absolute atomic E-state index is 0.131. The van der Waals surface area contributed by atoms with Crippen LogP contribution in [0.1, 0.15) is 19.5 Å². The second-order valence-electron chi connectivity index (χ2n) is 8.18. The van der Waals surface area contributed by atoms with E-state index in [1.807, 2.05) is 32.0 Å². The molecule has 16 heteroatoms. The van der Waals surface area contributed by atoms with Crippen LogP contribution in [0.2, 0.25) is 0 Å². The summed E-state index contributed by atoms with van der Waals surface area (Å²) >= 11 is 0.780. The molecule has 38 heavy (non-hydrogen) atoms. The Bertz CT molecular complexity index is 1740. The molecule has 4 rings (SSSR count). The van der Waals surface area contributed by atoms with E-state index >= 15 is 0 Å². The Hall–Kier alpha value is -4.31. The van der Waals surface area contributed by atoms with Gasteiger partial charge in [-0.3, -0.25) is 0 Å². The number of nitrogens with zero attached hydrogens (tertiary/aromatic N) is 8. The third kappa shape index (κ3) is 5.35. The molecular formula is C22H26N10O4S2. The number of imidazole rings is 1. The maximum atomic E-state index is 13.1. The molecule has 3 heterocycles. The van der Waals surface area contributed by atoms with E-state index in [0.717, 1.165) is 36.5 Å². The molecule has 0 spiro atoms. The molecule has 0 aliphatic carbocycles. The van der Waals surface area contributed by atoms with Crippen LogP contribution in [0.15, 0.2) is 52.4 Å². The van der Waals surface area contributed by atoms with Crippen LogP contribution in [0.25, 0.3) is 27.2 Å². The van der Waals surface area contributed by atoms with Crippen molar-refractivity contribution < 1.29 is 12.8 Å². The van der Waals surface area contributed by atoms with E-state index in [1.54, 1.807) is 20.2 Å². The van der Waals surface area contributed by atoms with Crippen LogP contribution >= 0.6 is 11.3 Å². The molecule has 0 radical (unpaired) electrons. The summed E-state index contributed by atoms with van der Waals surface area (Å²) in [7, 11) is -0.817. The van der Waals surface area contributed by atoms with Gasteiger partial charge in [0.2, 0.25) is 10.9 Å². The fraction of sp³-hybridized carbons (Fsp3) is 0.273. The molecular weight excluding hydrogens is 532 g/mol. The van der Waals surface area contributed by atoms with Crippen LogP contribution < -0.4 is 22.0 Å². The Labute approximate surface area is 221 Å². The average molecular weight is 559 g/mol. The van der Waals surface area contributed by atoms with Crippen molar-refractivity contribution in [2.45, 2.75) is 18.2 Å². The number of aromatic nitrogens is 3. The Morgan fingerprint density at radius 1 is 1.21 bits per heavy atom. The van der Waals surface area contributed by atoms with Gasteiger partial charge in [-0.15, -0.1) is 14.6 Å². The monoisotopic (exact) mass is 558 g/mol. The standard InChI is InChI=1S/C22H26N10O4S2/c1-5-31(6-2)14-8-7-13-9-15(19(33)36-17(13)10-14)18-16(11-25-28-20(23)24)32-21(27-18)37-22(29-32)38(34,35)26-12-30(3)4/h7-12H,5-6H2,1-4H3,(H4,23,24,28)/b25-11+,26-12+. The van der Waals surface area contributed by atoms with Crippen LogP contribution in [0.4, 0.5) is 5.69 Å². The molecule has 0 saturated carbocycles. The van der Waals surface area contributed by atoms with Crippen molar-refractivity contribution in [2.24, 2.45) is 26.1 Å². The maximum absolute atomic E-state index is 13.1. The molecule has 4 N–H and O–H groups in total. The SMILES string of the molecule is CCN(CC)c1ccc2cc(-c3nc4sc(S(=O)(=O)/N=C/N(C)C)nn4c3/C=N/N=C(N)N)c(=O)oc2c1. The number of hydrogen-bond donors (Lipinski definition) is 2. The van der Waals surface area contributed by atoms with Crippen LogP contribution in [0, 0.1) is 0 Å². The zero-order valence-electron chi connectivity index (χ0n) is 21.1. The lowest BCUT2D eigenvalue weighted by Gasteiger charge is -2.20. The summed E-state index contributed by atoms with van der Waals surface area (Å²) in [5, 5.41) is 12.2. The highest BCUT2D eigenvalue weighted by Crippen LogP contribution is 2.29. The fourth-order valence-electron chi connectivity index (χ4n) is 3.57. The number of benzene rings is 1. The zero-order valence-corrected chi connectivity index (χ0v) is 22.7. The third-order valence-electron chi connectivity index (χ3n) is 5.31. The predicted molar refractivity (Wildman–Crippen MR) is 149 cm³/mol. The van der Waals surface area contributed by atoms with Crippen molar-refractivity contribution >= 4 is 61.5 Å². The quantitative estimate of drug-likeness (QED) is 0.131. The minimum Gasteiger partial charge on any atom is -0.422 e. The smallest absolute Gasteiger partial charge is 0.345 e. The van der Waals surface area contributed by atoms with Crippen LogP contribution in [-0.2, 0) is 10.0 Å². The molecule has 0 bridgehead atoms. The Morgan fingerprint density at radius 3 is 2.61 bits per heavy atom. The molecule has 0 unspecified atom stereocenters. The zero-order chi connectivity index (χ0) is 27.6. The molecule has 0 saturated heterocycles. The van der Waals surface area contributed by atoms with Crippen molar-refractivity contribution in [2.75, 3.05) is 32.1 Å². The molecule has 0 aliphatic heterocycles. The maximum Gasteiger partial charge on any atom is 0.345 e. The highest BCUT2D eigenvalue weighted by atomic mass is 32.2. The van der Waals surface area contributed by atoms with E-state index < -0.39 is 15.6 Å². The molecule has 14 nitrogen and oxygen atoms in total. The van der Waals surface area contributed by atoms with E-state index in [1.165, 1.54) is 15.6 Å². The first-order chi connectivity index (χ1) is 18.0. The summed E-state index contributed by atoms with van der Waals surface area (Å²) in [6.07, 6.45) is 2.37. The van der Waals surface area contributed by atoms with Crippen molar-refractivity contribution in [1.29, 1.82) is 0 Å². The number of rotatable bonds is 9. The van der Waals surface area contributed by atoms with Crippen LogP contribution in [0.3, 0.4) is 0 Å². The van der Waals surface area contributed by atoms with Gasteiger partial charge >= 0.3 is 15.6 Å². The number of nitrogens with two attached hydrogens (primary N) is 2. The number of fused-ring (bicyclic) bond motifs is 2. The molecule has 1 aromatic carbocycles. The van der Waals surface area contributed by atoms with E-state index in [2.05, 4.69) is 29.6 Å². The summed E-state index contributed by atoms with van der Waals surface area (Å²) in [5.41, 5.74) is 11.9. The second kappa shape index (κ2) is 10.6. The molecule has 0 aliphatic rings. The Kier molecular flexibility index (Phi) is 7.45. The van der Waals surface area contributed by atoms with E-state index in [9.17, 15) is 13.2 Å². The van der Waals surface area contributed by atoms with Crippen molar-refractivity contribution in [3.8, 4) is 11.3 Å². The number of guanidine groups is 1. The lowest BCUT2D eigenvalue weighted by Crippen LogP contribution is -2.21. The Morgan fingerprint density at radius 2 is 1.95 bits per heavy atom. The molecule has 0 atom stereocenters. The first kappa shape index (κ1) is 26.7. The van der Waals surface area contributed by atoms with E-state index in [4.69, 9.17) is 15.9 Å². The molecule has 4 aromatic rings. The third-order valence-corrected chi connectivity index (χ3v) is 7.79. The lowest BCUT2D eigenvalue weighted by molar-refractivity contribution is 0.563. The first-order valence-corrected chi connectivity index (χ1v) is 13.6. The van der Waals surface area contributed by atoms with Gasteiger partial charge in [0.1, 0.15) is 23.3 Å². The number of sulfonamides is 1. The summed E-state index contributed by atoms with van der Waals surface area (Å²) in [5.74, 6) is -0.294. The normalized spacial score (nSPS) is 12.2. The highest BCUT2D eigenvalue weighted by molar-refractivity contribution is 7.92. The van der Waals surface area contributed by atoms with Crippen molar-refractivity contribution in [3.63, 3.8) is 0 Å². The van der Waals surface area contributed by atoms with Crippen molar-refractivity contribution in [3.05, 3.63) is 40.4 Å². The molecule has 200 valence electrons. The molecule has 0 amide bonds. The van der Waals surface area contributed by atoms with Gasteiger partial charge in [-0.2, -0.15) is 13.5 Å². The van der Waals surface area contributed by atoms with Gasteiger partial charge in [0, 0.05) is 44.3 Å². The second-order valence-corrected chi connectivity index (χ2v) is 10.9. The van der Waals surface area contributed by atoms with Gasteiger partial charge in [0.15, 0.2) is 0 Å². The van der Waals surface area contributed by atoms with Gasteiger partial charge in [-0.05, 0) is 32.0 Å².